The van der Waals surface area contributed by atoms with Gasteiger partial charge in [0.1, 0.15) is 12.4 Å². The number of ether oxygens (including phenoxy) is 3. The van der Waals surface area contributed by atoms with E-state index in [1.54, 1.807) is 36.4 Å². The fourth-order valence-electron chi connectivity index (χ4n) is 1.93. The Kier molecular flexibility index (Phi) is 3.70. The number of hydrogen-bond donors (Lipinski definition) is 1. The normalized spacial score (nSPS) is 12.2. The number of aromatic carboxylic acids is 1. The van der Waals surface area contributed by atoms with Crippen LogP contribution < -0.4 is 14.2 Å². The predicted octanol–water partition coefficient (Wildman–Crippen LogP) is 3.46. The average molecular weight is 351 g/mol. The molecule has 0 fully saturated rings. The number of carboxylic acids is 1. The molecule has 2 aromatic rings. The van der Waals surface area contributed by atoms with Gasteiger partial charge >= 0.3 is 5.97 Å². The van der Waals surface area contributed by atoms with Crippen LogP contribution in [0.25, 0.3) is 0 Å². The van der Waals surface area contributed by atoms with Gasteiger partial charge in [-0.25, -0.2) is 4.79 Å². The molecule has 1 aliphatic heterocycles. The van der Waals surface area contributed by atoms with Crippen molar-refractivity contribution in [2.24, 2.45) is 0 Å². The first-order valence-electron chi connectivity index (χ1n) is 6.17. The maximum Gasteiger partial charge on any atom is 0.335 e. The minimum Gasteiger partial charge on any atom is -0.489 e. The second kappa shape index (κ2) is 5.65. The van der Waals surface area contributed by atoms with Crippen molar-refractivity contribution in [2.75, 3.05) is 6.79 Å². The van der Waals surface area contributed by atoms with E-state index < -0.39 is 5.97 Å². The number of carboxylic acid groups (broad SMARTS) is 1. The Morgan fingerprint density at radius 1 is 1.19 bits per heavy atom. The zero-order valence-electron chi connectivity index (χ0n) is 10.8. The second-order valence-electron chi connectivity index (χ2n) is 4.42. The van der Waals surface area contributed by atoms with Gasteiger partial charge in [0.05, 0.1) is 5.56 Å². The van der Waals surface area contributed by atoms with Crippen LogP contribution in [0.15, 0.2) is 40.9 Å². The molecule has 108 valence electrons. The monoisotopic (exact) mass is 350 g/mol. The smallest absolute Gasteiger partial charge is 0.335 e. The van der Waals surface area contributed by atoms with Crippen molar-refractivity contribution < 1.29 is 24.1 Å². The van der Waals surface area contributed by atoms with E-state index in [4.69, 9.17) is 19.3 Å². The largest absolute Gasteiger partial charge is 0.489 e. The van der Waals surface area contributed by atoms with Crippen molar-refractivity contribution in [3.8, 4) is 17.2 Å². The lowest BCUT2D eigenvalue weighted by Crippen LogP contribution is -2.00. The summed E-state index contributed by atoms with van der Waals surface area (Å²) in [6, 6.07) is 10.2. The lowest BCUT2D eigenvalue weighted by Gasteiger charge is -2.09. The van der Waals surface area contributed by atoms with Gasteiger partial charge in [0, 0.05) is 16.1 Å². The van der Waals surface area contributed by atoms with Gasteiger partial charge in [-0.2, -0.15) is 0 Å². The minimum absolute atomic E-state index is 0.223. The Bertz CT molecular complexity index is 698. The SMILES string of the molecule is O=C(O)c1ccc(COc2ccc3c(c2)OCO3)c(Br)c1. The zero-order valence-corrected chi connectivity index (χ0v) is 12.4. The van der Waals surface area contributed by atoms with E-state index in [9.17, 15) is 4.79 Å². The molecule has 0 bridgehead atoms. The third-order valence-electron chi connectivity index (χ3n) is 3.04. The van der Waals surface area contributed by atoms with Gasteiger partial charge in [0.25, 0.3) is 0 Å². The fraction of sp³-hybridized carbons (Fsp3) is 0.133. The Balaban J connectivity index is 1.71. The van der Waals surface area contributed by atoms with Crippen molar-refractivity contribution in [3.05, 3.63) is 52.0 Å². The van der Waals surface area contributed by atoms with E-state index >= 15 is 0 Å². The third-order valence-corrected chi connectivity index (χ3v) is 3.78. The molecule has 0 saturated carbocycles. The highest BCUT2D eigenvalue weighted by atomic mass is 79.9. The molecule has 21 heavy (non-hydrogen) atoms. The quantitative estimate of drug-likeness (QED) is 0.914. The van der Waals surface area contributed by atoms with Crippen LogP contribution in [-0.4, -0.2) is 17.9 Å². The lowest BCUT2D eigenvalue weighted by molar-refractivity contribution is 0.0696. The van der Waals surface area contributed by atoms with E-state index in [2.05, 4.69) is 15.9 Å². The molecule has 0 unspecified atom stereocenters. The Labute approximate surface area is 129 Å². The molecule has 1 aliphatic rings. The molecule has 0 aromatic heterocycles. The standard InChI is InChI=1S/C15H11BrO5/c16-12-5-9(15(17)18)1-2-10(12)7-19-11-3-4-13-14(6-11)21-8-20-13/h1-6H,7-8H2,(H,17,18). The summed E-state index contributed by atoms with van der Waals surface area (Å²) in [5.74, 6) is 1.06. The molecule has 0 radical (unpaired) electrons. The molecule has 0 amide bonds. The van der Waals surface area contributed by atoms with Crippen molar-refractivity contribution in [3.63, 3.8) is 0 Å². The van der Waals surface area contributed by atoms with Crippen molar-refractivity contribution in [1.29, 1.82) is 0 Å². The zero-order chi connectivity index (χ0) is 14.8. The number of rotatable bonds is 4. The van der Waals surface area contributed by atoms with Crippen LogP contribution in [0.3, 0.4) is 0 Å². The van der Waals surface area contributed by atoms with Crippen molar-refractivity contribution in [1.82, 2.24) is 0 Å². The maximum atomic E-state index is 10.9. The average Bonchev–Trinajstić information content (AvgIpc) is 2.93. The summed E-state index contributed by atoms with van der Waals surface area (Å²) in [5, 5.41) is 8.92. The van der Waals surface area contributed by atoms with E-state index in [1.807, 2.05) is 0 Å². The summed E-state index contributed by atoms with van der Waals surface area (Å²) in [4.78, 5) is 10.9. The van der Waals surface area contributed by atoms with Gasteiger partial charge in [-0.1, -0.05) is 22.0 Å². The highest BCUT2D eigenvalue weighted by molar-refractivity contribution is 9.10. The molecule has 0 atom stereocenters. The van der Waals surface area contributed by atoms with Gasteiger partial charge < -0.3 is 19.3 Å². The molecule has 0 aliphatic carbocycles. The minimum atomic E-state index is -0.959. The third kappa shape index (κ3) is 2.95. The first-order chi connectivity index (χ1) is 10.1. The van der Waals surface area contributed by atoms with Crippen LogP contribution in [0.5, 0.6) is 17.2 Å². The highest BCUT2D eigenvalue weighted by Crippen LogP contribution is 2.35. The summed E-state index contributed by atoms with van der Waals surface area (Å²) in [6.45, 7) is 0.543. The number of halogens is 1. The van der Waals surface area contributed by atoms with Crippen LogP contribution in [0, 0.1) is 0 Å². The first-order valence-corrected chi connectivity index (χ1v) is 6.97. The summed E-state index contributed by atoms with van der Waals surface area (Å²) < 4.78 is 16.9. The number of benzene rings is 2. The molecule has 3 rings (SSSR count). The molecule has 0 spiro atoms. The van der Waals surface area contributed by atoms with Crippen LogP contribution >= 0.6 is 15.9 Å². The molecule has 5 nitrogen and oxygen atoms in total. The molecular formula is C15H11BrO5. The van der Waals surface area contributed by atoms with E-state index in [0.29, 0.717) is 28.3 Å². The van der Waals surface area contributed by atoms with E-state index in [0.717, 1.165) is 5.56 Å². The van der Waals surface area contributed by atoms with Crippen LogP contribution in [0.2, 0.25) is 0 Å². The van der Waals surface area contributed by atoms with Gasteiger partial charge in [0.15, 0.2) is 11.5 Å². The van der Waals surface area contributed by atoms with Gasteiger partial charge in [-0.15, -0.1) is 0 Å². The molecule has 0 saturated heterocycles. The topological polar surface area (TPSA) is 65.0 Å². The van der Waals surface area contributed by atoms with Crippen LogP contribution in [0.4, 0.5) is 0 Å². The van der Waals surface area contributed by atoms with Crippen LogP contribution in [-0.2, 0) is 6.61 Å². The van der Waals surface area contributed by atoms with E-state index in [1.165, 1.54) is 0 Å². The molecular weight excluding hydrogens is 340 g/mol. The Morgan fingerprint density at radius 2 is 2.00 bits per heavy atom. The summed E-state index contributed by atoms with van der Waals surface area (Å²) >= 11 is 3.35. The molecule has 1 heterocycles. The highest BCUT2D eigenvalue weighted by Gasteiger charge is 2.14. The number of fused-ring (bicyclic) bond motifs is 1. The van der Waals surface area contributed by atoms with Gasteiger partial charge in [-0.3, -0.25) is 0 Å². The van der Waals surface area contributed by atoms with E-state index in [-0.39, 0.29) is 12.4 Å². The molecule has 6 heteroatoms. The molecule has 1 N–H and O–H groups in total. The molecule has 2 aromatic carbocycles. The number of carbonyl (C=O) groups is 1. The maximum absolute atomic E-state index is 10.9. The van der Waals surface area contributed by atoms with Crippen molar-refractivity contribution >= 4 is 21.9 Å². The van der Waals surface area contributed by atoms with Gasteiger partial charge in [0.2, 0.25) is 6.79 Å². The van der Waals surface area contributed by atoms with Crippen molar-refractivity contribution in [2.45, 2.75) is 6.61 Å². The van der Waals surface area contributed by atoms with Crippen LogP contribution in [0.1, 0.15) is 15.9 Å². The van der Waals surface area contributed by atoms with Gasteiger partial charge in [-0.05, 0) is 24.3 Å². The summed E-state index contributed by atoms with van der Waals surface area (Å²) in [7, 11) is 0. The number of hydrogen-bond acceptors (Lipinski definition) is 4. The fourth-order valence-corrected chi connectivity index (χ4v) is 2.42. The first kappa shape index (κ1) is 13.8. The Hall–Kier alpha value is -2.21. The Morgan fingerprint density at radius 3 is 2.76 bits per heavy atom. The second-order valence-corrected chi connectivity index (χ2v) is 5.27. The summed E-state index contributed by atoms with van der Waals surface area (Å²) in [6.07, 6.45) is 0. The predicted molar refractivity (Wildman–Crippen MR) is 78.0 cm³/mol. The lowest BCUT2D eigenvalue weighted by atomic mass is 10.1. The summed E-state index contributed by atoms with van der Waals surface area (Å²) in [5.41, 5.74) is 1.09.